The van der Waals surface area contributed by atoms with E-state index in [1.165, 1.54) is 0 Å². The van der Waals surface area contributed by atoms with Crippen LogP contribution in [0.2, 0.25) is 0 Å². The van der Waals surface area contributed by atoms with Crippen LogP contribution in [0, 0.1) is 0 Å². The molecular formula is C2H7O6P2+. The molecule has 0 aliphatic carbocycles. The van der Waals surface area contributed by atoms with Crippen molar-refractivity contribution in [3.8, 4) is 0 Å². The molecule has 0 saturated heterocycles. The Balaban J connectivity index is 0. The molecule has 1 atom stereocenters. The minimum Gasteiger partial charge on any atom is -0.300 e. The van der Waals surface area contributed by atoms with Gasteiger partial charge in [-0.2, -0.15) is 0 Å². The third kappa shape index (κ3) is 15.7. The summed E-state index contributed by atoms with van der Waals surface area (Å²) in [6.45, 7) is 6.00. The smallest absolute Gasteiger partial charge is 0.300 e. The van der Waals surface area contributed by atoms with E-state index >= 15 is 0 Å². The molecule has 0 amide bonds. The Bertz CT molecular complexity index is 148. The van der Waals surface area contributed by atoms with Gasteiger partial charge < -0.3 is 9.79 Å². The molecule has 0 radical (unpaired) electrons. The first-order valence-corrected chi connectivity index (χ1v) is 4.49. The Morgan fingerprint density at radius 3 is 1.70 bits per heavy atom. The molecule has 0 fully saturated rings. The molecular weight excluding hydrogens is 182 g/mol. The monoisotopic (exact) mass is 189 g/mol. The van der Waals surface area contributed by atoms with Crippen LogP contribution >= 0.6 is 16.1 Å². The maximum absolute atomic E-state index is 9.57. The zero-order chi connectivity index (χ0) is 8.78. The lowest BCUT2D eigenvalue weighted by molar-refractivity contribution is 0.273. The van der Waals surface area contributed by atoms with Gasteiger partial charge in [0.25, 0.3) is 0 Å². The van der Waals surface area contributed by atoms with E-state index in [1.54, 1.807) is 0 Å². The van der Waals surface area contributed by atoms with Crippen LogP contribution in [0.25, 0.3) is 0 Å². The van der Waals surface area contributed by atoms with E-state index in [9.17, 15) is 9.13 Å². The van der Waals surface area contributed by atoms with Crippen LogP contribution in [0.5, 0.6) is 0 Å². The van der Waals surface area contributed by atoms with Crippen LogP contribution in [0.1, 0.15) is 0 Å². The quantitative estimate of drug-likeness (QED) is 0.432. The third-order valence-electron chi connectivity index (χ3n) is 0.176. The van der Waals surface area contributed by atoms with Crippen LogP contribution in [-0.2, 0) is 13.4 Å². The molecule has 0 saturated carbocycles. The van der Waals surface area contributed by atoms with Crippen LogP contribution < -0.4 is 0 Å². The Morgan fingerprint density at radius 1 is 1.40 bits per heavy atom. The molecule has 0 spiro atoms. The number of rotatable bonds is 2. The van der Waals surface area contributed by atoms with E-state index in [2.05, 4.69) is 17.5 Å². The lowest BCUT2D eigenvalue weighted by Crippen LogP contribution is -1.75. The molecule has 0 aromatic heterocycles. The van der Waals surface area contributed by atoms with Gasteiger partial charge in [-0.05, 0) is 4.31 Å². The van der Waals surface area contributed by atoms with Gasteiger partial charge in [-0.1, -0.05) is 0 Å². The van der Waals surface area contributed by atoms with E-state index in [-0.39, 0.29) is 0 Å². The van der Waals surface area contributed by atoms with Gasteiger partial charge in [0, 0.05) is 4.57 Å². The predicted molar refractivity (Wildman–Crippen MR) is 34.2 cm³/mol. The van der Waals surface area contributed by atoms with Gasteiger partial charge in [0.05, 0.1) is 0 Å². The van der Waals surface area contributed by atoms with Crippen molar-refractivity contribution >= 4 is 16.1 Å². The molecule has 0 aliphatic heterocycles. The minimum absolute atomic E-state index is 3.00. The van der Waals surface area contributed by atoms with Gasteiger partial charge in [0.1, 0.15) is 0 Å². The highest BCUT2D eigenvalue weighted by molar-refractivity contribution is 7.54. The second-order valence-electron chi connectivity index (χ2n) is 0.810. The standard InChI is InChI=1S/C2H4.H2O6P2/c1-2;1-7(2)6-8(3,4)5/h1-2H2;(H2-,1,2,3,4,5)/p+1. The molecule has 0 bridgehead atoms. The Morgan fingerprint density at radius 2 is 1.70 bits per heavy atom. The van der Waals surface area contributed by atoms with E-state index in [1.807, 2.05) is 0 Å². The topological polar surface area (TPSA) is 104 Å². The van der Waals surface area contributed by atoms with E-state index in [0.717, 1.165) is 0 Å². The van der Waals surface area contributed by atoms with Gasteiger partial charge >= 0.3 is 16.1 Å². The summed E-state index contributed by atoms with van der Waals surface area (Å²) in [5.74, 6) is 0. The van der Waals surface area contributed by atoms with E-state index in [0.29, 0.717) is 0 Å². The van der Waals surface area contributed by atoms with Gasteiger partial charge in [-0.3, -0.25) is 0 Å². The first kappa shape index (κ1) is 12.6. The zero-order valence-electron chi connectivity index (χ0n) is 4.88. The second kappa shape index (κ2) is 5.68. The summed E-state index contributed by atoms with van der Waals surface area (Å²) in [7, 11) is -7.96. The molecule has 10 heavy (non-hydrogen) atoms. The van der Waals surface area contributed by atoms with Gasteiger partial charge in [0.15, 0.2) is 0 Å². The summed E-state index contributed by atoms with van der Waals surface area (Å²) in [5.41, 5.74) is 0. The lowest BCUT2D eigenvalue weighted by atomic mass is 11.3. The van der Waals surface area contributed by atoms with Crippen LogP contribution in [-0.4, -0.2) is 14.7 Å². The normalized spacial score (nSPS) is 11.3. The van der Waals surface area contributed by atoms with Gasteiger partial charge in [-0.25, -0.2) is 4.57 Å². The molecule has 1 unspecified atom stereocenters. The molecule has 3 N–H and O–H groups in total. The van der Waals surface area contributed by atoms with Gasteiger partial charge in [0.2, 0.25) is 0 Å². The van der Waals surface area contributed by atoms with E-state index in [4.69, 9.17) is 14.7 Å². The van der Waals surface area contributed by atoms with Crippen molar-refractivity contribution in [2.45, 2.75) is 0 Å². The van der Waals surface area contributed by atoms with Crippen molar-refractivity contribution in [3.05, 3.63) is 13.2 Å². The second-order valence-corrected chi connectivity index (χ2v) is 2.92. The molecule has 0 aliphatic rings. The lowest BCUT2D eigenvalue weighted by Gasteiger charge is -1.86. The van der Waals surface area contributed by atoms with Crippen LogP contribution in [0.4, 0.5) is 0 Å². The summed E-state index contributed by atoms with van der Waals surface area (Å²) in [6, 6.07) is 0. The molecule has 8 heteroatoms. The minimum atomic E-state index is -4.76. The summed E-state index contributed by atoms with van der Waals surface area (Å²) in [5, 5.41) is 0. The number of phosphoric acid groups is 1. The van der Waals surface area contributed by atoms with Crippen LogP contribution in [0.3, 0.4) is 0 Å². The van der Waals surface area contributed by atoms with Crippen molar-refractivity contribution in [3.63, 3.8) is 0 Å². The first-order valence-electron chi connectivity index (χ1n) is 1.83. The van der Waals surface area contributed by atoms with Crippen molar-refractivity contribution < 1.29 is 28.1 Å². The SMILES string of the molecule is C=C.O=[P+](O)OP(=O)(O)O. The van der Waals surface area contributed by atoms with Crippen molar-refractivity contribution in [1.82, 2.24) is 0 Å². The fourth-order valence-electron chi connectivity index (χ4n) is 0.0910. The highest BCUT2D eigenvalue weighted by Gasteiger charge is 2.29. The largest absolute Gasteiger partial charge is 0.705 e. The van der Waals surface area contributed by atoms with E-state index < -0.39 is 16.1 Å². The summed E-state index contributed by atoms with van der Waals surface area (Å²) >= 11 is 0. The molecule has 0 heterocycles. The average Bonchev–Trinajstić information content (AvgIpc) is 1.64. The fourth-order valence-corrected chi connectivity index (χ4v) is 0.819. The first-order chi connectivity index (χ1) is 4.42. The van der Waals surface area contributed by atoms with Crippen molar-refractivity contribution in [2.24, 2.45) is 0 Å². The van der Waals surface area contributed by atoms with Crippen molar-refractivity contribution in [2.75, 3.05) is 0 Å². The van der Waals surface area contributed by atoms with Gasteiger partial charge in [-0.15, -0.1) is 18.1 Å². The molecule has 0 rings (SSSR count). The number of hydrogen-bond acceptors (Lipinski definition) is 3. The fraction of sp³-hybridized carbons (Fsp3) is 0. The van der Waals surface area contributed by atoms with Crippen molar-refractivity contribution in [1.29, 1.82) is 0 Å². The Kier molecular flexibility index (Phi) is 7.14. The average molecular weight is 189 g/mol. The molecule has 0 aromatic rings. The maximum Gasteiger partial charge on any atom is 0.705 e. The van der Waals surface area contributed by atoms with Crippen LogP contribution in [0.15, 0.2) is 13.2 Å². The third-order valence-corrected chi connectivity index (χ3v) is 1.59. The molecule has 60 valence electrons. The molecule has 0 aromatic carbocycles. The summed E-state index contributed by atoms with van der Waals surface area (Å²) in [4.78, 5) is 23.1. The summed E-state index contributed by atoms with van der Waals surface area (Å²) < 4.78 is 22.2. The predicted octanol–water partition coefficient (Wildman–Crippen LogP) is 0.548. The Hall–Kier alpha value is -0.0900. The Labute approximate surface area is 58.3 Å². The highest BCUT2D eigenvalue weighted by atomic mass is 31.2. The number of hydrogen-bond donors (Lipinski definition) is 3. The maximum atomic E-state index is 9.57. The highest BCUT2D eigenvalue weighted by Crippen LogP contribution is 2.45. The zero-order valence-corrected chi connectivity index (χ0v) is 6.66. The molecule has 6 nitrogen and oxygen atoms in total. The summed E-state index contributed by atoms with van der Waals surface area (Å²) in [6.07, 6.45) is 0.